The van der Waals surface area contributed by atoms with Crippen LogP contribution >= 0.6 is 0 Å². The summed E-state index contributed by atoms with van der Waals surface area (Å²) in [7, 11) is 5.64. The number of hydrogen-bond donors (Lipinski definition) is 0. The average molecular weight is 196 g/mol. The van der Waals surface area contributed by atoms with E-state index in [2.05, 4.69) is 13.8 Å². The van der Waals surface area contributed by atoms with E-state index in [1.807, 2.05) is 20.8 Å². The van der Waals surface area contributed by atoms with Crippen LogP contribution in [0.25, 0.3) is 0 Å². The van der Waals surface area contributed by atoms with E-state index in [0.717, 1.165) is 6.42 Å². The van der Waals surface area contributed by atoms with Gasteiger partial charge in [0.05, 0.1) is 19.9 Å². The van der Waals surface area contributed by atoms with E-state index in [0.29, 0.717) is 12.9 Å². The Kier molecular flexibility index (Phi) is 4.69. The molecule has 0 aliphatic carbocycles. The minimum absolute atomic E-state index is 0.0176. The zero-order chi connectivity index (χ0) is 11.4. The highest BCUT2D eigenvalue weighted by molar-refractivity contribution is 6.08. The summed E-state index contributed by atoms with van der Waals surface area (Å²) in [6.07, 6.45) is 1.32. The second-order valence-electron chi connectivity index (χ2n) is 5.15. The van der Waals surface area contributed by atoms with Gasteiger partial charge in [-0.2, -0.15) is 0 Å². The van der Waals surface area contributed by atoms with Crippen molar-refractivity contribution >= 4 is 13.8 Å². The van der Waals surface area contributed by atoms with Crippen LogP contribution < -0.4 is 0 Å². The Hall–Kier alpha value is -0.465. The molecule has 0 atom stereocenters. The first kappa shape index (κ1) is 13.5. The number of hydrogen-bond acceptors (Lipinski definition) is 2. The molecule has 0 bridgehead atoms. The maximum Gasteiger partial charge on any atom is 0.311 e. The number of esters is 1. The summed E-state index contributed by atoms with van der Waals surface area (Å²) in [5.41, 5.74) is -0.463. The molecular weight excluding hydrogens is 175 g/mol. The van der Waals surface area contributed by atoms with Gasteiger partial charge >= 0.3 is 5.97 Å². The zero-order valence-corrected chi connectivity index (χ0v) is 10.0. The summed E-state index contributed by atoms with van der Waals surface area (Å²) in [4.78, 5) is 11.6. The van der Waals surface area contributed by atoms with E-state index in [1.54, 1.807) is 0 Å². The van der Waals surface area contributed by atoms with Crippen LogP contribution in [-0.4, -0.2) is 20.4 Å². The predicted molar refractivity (Wildman–Crippen MR) is 59.4 cm³/mol. The van der Waals surface area contributed by atoms with E-state index in [-0.39, 0.29) is 11.4 Å². The molecule has 0 spiro atoms. The van der Waals surface area contributed by atoms with Gasteiger partial charge < -0.3 is 4.74 Å². The van der Waals surface area contributed by atoms with Crippen LogP contribution in [0.15, 0.2) is 0 Å². The molecule has 0 fully saturated rings. The molecule has 0 aromatic heterocycles. The number of rotatable bonds is 5. The van der Waals surface area contributed by atoms with Gasteiger partial charge in [-0.05, 0) is 32.6 Å². The lowest BCUT2D eigenvalue weighted by atomic mass is 9.69. The Morgan fingerprint density at radius 3 is 2.14 bits per heavy atom. The summed E-state index contributed by atoms with van der Waals surface area (Å²) in [6.45, 7) is 10.2. The van der Waals surface area contributed by atoms with Gasteiger partial charge in [0.2, 0.25) is 0 Å². The molecule has 2 nitrogen and oxygen atoms in total. The van der Waals surface area contributed by atoms with Gasteiger partial charge in [0.1, 0.15) is 0 Å². The third kappa shape index (κ3) is 4.16. The summed E-state index contributed by atoms with van der Waals surface area (Å²) in [6, 6.07) is 0. The van der Waals surface area contributed by atoms with E-state index in [1.165, 1.54) is 0 Å². The van der Waals surface area contributed by atoms with Gasteiger partial charge in [0.15, 0.2) is 0 Å². The molecule has 0 aliphatic rings. The first-order chi connectivity index (χ1) is 6.25. The summed E-state index contributed by atoms with van der Waals surface area (Å²) in [5.74, 6) is -0.137. The van der Waals surface area contributed by atoms with E-state index >= 15 is 0 Å². The molecule has 80 valence electrons. The lowest BCUT2D eigenvalue weighted by molar-refractivity contribution is -0.155. The van der Waals surface area contributed by atoms with Gasteiger partial charge in [0.25, 0.3) is 0 Å². The number of carbonyl (C=O) groups is 1. The molecule has 0 unspecified atom stereocenters. The second-order valence-corrected chi connectivity index (χ2v) is 5.15. The highest BCUT2D eigenvalue weighted by atomic mass is 16.5. The first-order valence-corrected chi connectivity index (χ1v) is 5.12. The maximum atomic E-state index is 11.6. The van der Waals surface area contributed by atoms with Crippen molar-refractivity contribution in [3.63, 3.8) is 0 Å². The molecule has 0 rings (SSSR count). The highest BCUT2D eigenvalue weighted by Gasteiger charge is 2.34. The number of carbonyl (C=O) groups excluding carboxylic acids is 1. The van der Waals surface area contributed by atoms with Crippen LogP contribution in [0.2, 0.25) is 6.32 Å². The van der Waals surface area contributed by atoms with E-state index < -0.39 is 5.41 Å². The Morgan fingerprint density at radius 1 is 1.29 bits per heavy atom. The van der Waals surface area contributed by atoms with Crippen LogP contribution in [0.1, 0.15) is 41.0 Å². The molecule has 0 saturated heterocycles. The summed E-state index contributed by atoms with van der Waals surface area (Å²) < 4.78 is 5.02. The van der Waals surface area contributed by atoms with Crippen LogP contribution in [0.5, 0.6) is 0 Å². The van der Waals surface area contributed by atoms with Crippen molar-refractivity contribution in [2.45, 2.75) is 47.4 Å². The van der Waals surface area contributed by atoms with Crippen LogP contribution in [-0.2, 0) is 9.53 Å². The normalized spacial score (nSPS) is 12.6. The highest BCUT2D eigenvalue weighted by Crippen LogP contribution is 2.36. The van der Waals surface area contributed by atoms with Gasteiger partial charge in [-0.15, -0.1) is 0 Å². The Balaban J connectivity index is 4.40. The van der Waals surface area contributed by atoms with Crippen LogP contribution in [0, 0.1) is 10.8 Å². The fourth-order valence-corrected chi connectivity index (χ4v) is 1.67. The van der Waals surface area contributed by atoms with Crippen molar-refractivity contribution in [2.75, 3.05) is 6.61 Å². The molecule has 0 heterocycles. The lowest BCUT2D eigenvalue weighted by Gasteiger charge is -2.32. The Bertz CT molecular complexity index is 197. The van der Waals surface area contributed by atoms with E-state index in [4.69, 9.17) is 12.6 Å². The molecule has 0 aliphatic heterocycles. The average Bonchev–Trinajstić information content (AvgIpc) is 2.03. The molecule has 0 aromatic carbocycles. The fourth-order valence-electron chi connectivity index (χ4n) is 1.67. The Labute approximate surface area is 88.8 Å². The van der Waals surface area contributed by atoms with Gasteiger partial charge in [-0.25, -0.2) is 0 Å². The molecule has 3 heteroatoms. The van der Waals surface area contributed by atoms with Gasteiger partial charge in [-0.3, -0.25) is 4.79 Å². The van der Waals surface area contributed by atoms with Crippen molar-refractivity contribution in [2.24, 2.45) is 10.8 Å². The quantitative estimate of drug-likeness (QED) is 0.499. The van der Waals surface area contributed by atoms with Crippen molar-refractivity contribution < 1.29 is 9.53 Å². The van der Waals surface area contributed by atoms with Crippen LogP contribution in [0.3, 0.4) is 0 Å². The standard InChI is InChI=1S/C11H21BO2/c1-6-14-9(13)11(4,5)7-10(2,3)8-12/h6-8H2,1-5H3. The molecule has 14 heavy (non-hydrogen) atoms. The summed E-state index contributed by atoms with van der Waals surface area (Å²) in [5, 5.41) is 0. The monoisotopic (exact) mass is 196 g/mol. The fraction of sp³-hybridized carbons (Fsp3) is 0.909. The smallest absolute Gasteiger partial charge is 0.311 e. The molecule has 0 saturated carbocycles. The Morgan fingerprint density at radius 2 is 1.79 bits per heavy atom. The molecule has 0 aromatic rings. The lowest BCUT2D eigenvalue weighted by Crippen LogP contribution is -2.32. The first-order valence-electron chi connectivity index (χ1n) is 5.12. The number of ether oxygens (including phenoxy) is 1. The van der Waals surface area contributed by atoms with Crippen molar-refractivity contribution in [1.29, 1.82) is 0 Å². The minimum atomic E-state index is -0.446. The largest absolute Gasteiger partial charge is 0.466 e. The predicted octanol–water partition coefficient (Wildman–Crippen LogP) is 2.58. The second kappa shape index (κ2) is 4.85. The van der Waals surface area contributed by atoms with Gasteiger partial charge in [-0.1, -0.05) is 20.2 Å². The van der Waals surface area contributed by atoms with Crippen molar-refractivity contribution in [3.05, 3.63) is 0 Å². The van der Waals surface area contributed by atoms with Crippen molar-refractivity contribution in [1.82, 2.24) is 0 Å². The zero-order valence-electron chi connectivity index (χ0n) is 10.0. The minimum Gasteiger partial charge on any atom is -0.466 e. The molecular formula is C11H21BO2. The van der Waals surface area contributed by atoms with Crippen molar-refractivity contribution in [3.8, 4) is 0 Å². The van der Waals surface area contributed by atoms with E-state index in [9.17, 15) is 4.79 Å². The molecule has 0 amide bonds. The molecule has 2 radical (unpaired) electrons. The van der Waals surface area contributed by atoms with Crippen LogP contribution in [0.4, 0.5) is 0 Å². The molecule has 0 N–H and O–H groups in total. The van der Waals surface area contributed by atoms with Gasteiger partial charge in [0, 0.05) is 0 Å². The third-order valence-corrected chi connectivity index (χ3v) is 2.30. The SMILES string of the molecule is [B]CC(C)(C)CC(C)(C)C(=O)OCC. The topological polar surface area (TPSA) is 26.3 Å². The third-order valence-electron chi connectivity index (χ3n) is 2.30. The maximum absolute atomic E-state index is 11.6. The summed E-state index contributed by atoms with van der Waals surface area (Å²) >= 11 is 0.